The number of aromatic nitrogens is 1. The van der Waals surface area contributed by atoms with Gasteiger partial charge in [-0.15, -0.1) is 0 Å². The van der Waals surface area contributed by atoms with Gasteiger partial charge in [0.15, 0.2) is 0 Å². The second kappa shape index (κ2) is 7.10. The third-order valence-corrected chi connectivity index (χ3v) is 3.48. The number of aryl methyl sites for hydroxylation is 1. The molecular formula is C12H18N2O3S. The zero-order valence-corrected chi connectivity index (χ0v) is 11.4. The summed E-state index contributed by atoms with van der Waals surface area (Å²) in [5.74, 6) is 0.0887. The summed E-state index contributed by atoms with van der Waals surface area (Å²) < 4.78 is 0. The van der Waals surface area contributed by atoms with Crippen LogP contribution in [0.1, 0.15) is 35.8 Å². The number of unbranched alkanes of at least 4 members (excludes halogenated alkanes) is 1. The molecule has 0 bridgehead atoms. The van der Waals surface area contributed by atoms with E-state index >= 15 is 0 Å². The molecule has 6 heteroatoms. The quantitative estimate of drug-likeness (QED) is 0.665. The van der Waals surface area contributed by atoms with Gasteiger partial charge in [-0.3, -0.25) is 4.79 Å². The third kappa shape index (κ3) is 4.10. The molecule has 1 amide bonds. The summed E-state index contributed by atoms with van der Waals surface area (Å²) in [5.41, 5.74) is 0.999. The molecule has 0 aromatic carbocycles. The van der Waals surface area contributed by atoms with Crippen molar-refractivity contribution in [1.82, 2.24) is 4.98 Å². The van der Waals surface area contributed by atoms with Crippen molar-refractivity contribution in [3.63, 3.8) is 0 Å². The summed E-state index contributed by atoms with van der Waals surface area (Å²) in [5, 5.41) is 11.6. The SMILES string of the molecule is CCCCSCC(=O)Nc1c[nH]c(C)c1C(=O)O. The zero-order valence-electron chi connectivity index (χ0n) is 10.6. The number of anilines is 1. The van der Waals surface area contributed by atoms with Crippen molar-refractivity contribution in [2.45, 2.75) is 26.7 Å². The van der Waals surface area contributed by atoms with Crippen molar-refractivity contribution in [3.05, 3.63) is 17.5 Å². The van der Waals surface area contributed by atoms with Gasteiger partial charge in [0.05, 0.1) is 11.4 Å². The molecule has 0 saturated carbocycles. The van der Waals surface area contributed by atoms with Gasteiger partial charge in [-0.2, -0.15) is 11.8 Å². The summed E-state index contributed by atoms with van der Waals surface area (Å²) in [6.45, 7) is 3.76. The Morgan fingerprint density at radius 3 is 2.83 bits per heavy atom. The first-order valence-electron chi connectivity index (χ1n) is 5.85. The molecule has 18 heavy (non-hydrogen) atoms. The number of hydrogen-bond acceptors (Lipinski definition) is 3. The first kappa shape index (κ1) is 14.6. The van der Waals surface area contributed by atoms with Crippen molar-refractivity contribution in [2.75, 3.05) is 16.8 Å². The Kier molecular flexibility index (Phi) is 5.77. The highest BCUT2D eigenvalue weighted by Crippen LogP contribution is 2.19. The molecule has 0 aliphatic carbocycles. The van der Waals surface area contributed by atoms with Crippen LogP contribution < -0.4 is 5.32 Å². The first-order chi connectivity index (χ1) is 8.56. The van der Waals surface area contributed by atoms with Gasteiger partial charge in [0.1, 0.15) is 5.56 Å². The van der Waals surface area contributed by atoms with Crippen LogP contribution in [0.4, 0.5) is 5.69 Å². The van der Waals surface area contributed by atoms with E-state index in [1.165, 1.54) is 6.20 Å². The number of carboxylic acid groups (broad SMARTS) is 1. The van der Waals surface area contributed by atoms with E-state index in [2.05, 4.69) is 17.2 Å². The van der Waals surface area contributed by atoms with Crippen LogP contribution in [0.5, 0.6) is 0 Å². The van der Waals surface area contributed by atoms with Crippen LogP contribution in [-0.4, -0.2) is 33.5 Å². The Labute approximate surface area is 110 Å². The van der Waals surface area contributed by atoms with E-state index < -0.39 is 5.97 Å². The number of hydrogen-bond donors (Lipinski definition) is 3. The summed E-state index contributed by atoms with van der Waals surface area (Å²) >= 11 is 1.56. The summed E-state index contributed by atoms with van der Waals surface area (Å²) in [7, 11) is 0. The number of amides is 1. The van der Waals surface area contributed by atoms with E-state index in [4.69, 9.17) is 5.11 Å². The van der Waals surface area contributed by atoms with E-state index in [9.17, 15) is 9.59 Å². The monoisotopic (exact) mass is 270 g/mol. The fourth-order valence-electron chi connectivity index (χ4n) is 1.50. The number of nitrogens with one attached hydrogen (secondary N) is 2. The molecule has 100 valence electrons. The lowest BCUT2D eigenvalue weighted by atomic mass is 10.2. The molecule has 0 saturated heterocycles. The molecule has 0 atom stereocenters. The highest BCUT2D eigenvalue weighted by Gasteiger charge is 2.16. The van der Waals surface area contributed by atoms with E-state index in [0.717, 1.165) is 18.6 Å². The number of rotatable bonds is 7. The first-order valence-corrected chi connectivity index (χ1v) is 7.00. The number of thioether (sulfide) groups is 1. The Bertz CT molecular complexity index is 429. The zero-order chi connectivity index (χ0) is 13.5. The van der Waals surface area contributed by atoms with Crippen LogP contribution >= 0.6 is 11.8 Å². The molecule has 0 radical (unpaired) electrons. The number of aromatic carboxylic acids is 1. The largest absolute Gasteiger partial charge is 0.478 e. The lowest BCUT2D eigenvalue weighted by Crippen LogP contribution is -2.16. The Hall–Kier alpha value is -1.43. The molecule has 1 aromatic rings. The molecule has 1 aromatic heterocycles. The maximum atomic E-state index is 11.6. The van der Waals surface area contributed by atoms with Crippen LogP contribution in [-0.2, 0) is 4.79 Å². The summed E-state index contributed by atoms with van der Waals surface area (Å²) in [4.78, 5) is 25.4. The molecule has 3 N–H and O–H groups in total. The van der Waals surface area contributed by atoms with Gasteiger partial charge in [0.2, 0.25) is 5.91 Å². The Balaban J connectivity index is 2.52. The van der Waals surface area contributed by atoms with Crippen LogP contribution in [0.3, 0.4) is 0 Å². The van der Waals surface area contributed by atoms with Crippen LogP contribution in [0, 0.1) is 6.92 Å². The van der Waals surface area contributed by atoms with E-state index in [1.807, 2.05) is 0 Å². The molecule has 0 unspecified atom stereocenters. The molecule has 0 aliphatic rings. The fraction of sp³-hybridized carbons (Fsp3) is 0.500. The third-order valence-electron chi connectivity index (χ3n) is 2.44. The Morgan fingerprint density at radius 1 is 1.50 bits per heavy atom. The molecule has 0 fully saturated rings. The number of carbonyl (C=O) groups excluding carboxylic acids is 1. The van der Waals surface area contributed by atoms with Gasteiger partial charge in [-0.05, 0) is 19.1 Å². The smallest absolute Gasteiger partial charge is 0.339 e. The maximum absolute atomic E-state index is 11.6. The van der Waals surface area contributed by atoms with E-state index in [-0.39, 0.29) is 11.5 Å². The lowest BCUT2D eigenvalue weighted by molar-refractivity contribution is -0.113. The molecule has 1 heterocycles. The maximum Gasteiger partial charge on any atom is 0.339 e. The highest BCUT2D eigenvalue weighted by atomic mass is 32.2. The van der Waals surface area contributed by atoms with Gasteiger partial charge in [-0.25, -0.2) is 4.79 Å². The van der Waals surface area contributed by atoms with Crippen molar-refractivity contribution >= 4 is 29.3 Å². The van der Waals surface area contributed by atoms with Crippen LogP contribution in [0.2, 0.25) is 0 Å². The highest BCUT2D eigenvalue weighted by molar-refractivity contribution is 7.99. The lowest BCUT2D eigenvalue weighted by Gasteiger charge is -2.04. The van der Waals surface area contributed by atoms with Crippen molar-refractivity contribution < 1.29 is 14.7 Å². The van der Waals surface area contributed by atoms with Gasteiger partial charge in [0, 0.05) is 11.9 Å². The van der Waals surface area contributed by atoms with E-state index in [0.29, 0.717) is 17.1 Å². The normalized spacial score (nSPS) is 10.3. The van der Waals surface area contributed by atoms with Crippen molar-refractivity contribution in [1.29, 1.82) is 0 Å². The van der Waals surface area contributed by atoms with Gasteiger partial charge >= 0.3 is 5.97 Å². The summed E-state index contributed by atoms with van der Waals surface area (Å²) in [6.07, 6.45) is 3.70. The standard InChI is InChI=1S/C12H18N2O3S/c1-3-4-5-18-7-10(15)14-9-6-13-8(2)11(9)12(16)17/h6,13H,3-5,7H2,1-2H3,(H,14,15)(H,16,17). The Morgan fingerprint density at radius 2 is 2.22 bits per heavy atom. The topological polar surface area (TPSA) is 82.2 Å². The molecule has 0 spiro atoms. The number of carboxylic acids is 1. The minimum absolute atomic E-state index is 0.127. The number of aromatic amines is 1. The summed E-state index contributed by atoms with van der Waals surface area (Å²) in [6, 6.07) is 0. The average Bonchev–Trinajstić information content (AvgIpc) is 2.66. The minimum Gasteiger partial charge on any atom is -0.478 e. The predicted molar refractivity (Wildman–Crippen MR) is 73.4 cm³/mol. The van der Waals surface area contributed by atoms with Crippen molar-refractivity contribution in [3.8, 4) is 0 Å². The molecular weight excluding hydrogens is 252 g/mol. The predicted octanol–water partition coefficient (Wildman–Crippen LogP) is 2.49. The van der Waals surface area contributed by atoms with Gasteiger partial charge < -0.3 is 15.4 Å². The van der Waals surface area contributed by atoms with E-state index in [1.54, 1.807) is 18.7 Å². The fourth-order valence-corrected chi connectivity index (χ4v) is 2.39. The average molecular weight is 270 g/mol. The number of H-pyrrole nitrogens is 1. The molecule has 1 rings (SSSR count). The van der Waals surface area contributed by atoms with Gasteiger partial charge in [-0.1, -0.05) is 13.3 Å². The van der Waals surface area contributed by atoms with Crippen molar-refractivity contribution in [2.24, 2.45) is 0 Å². The second-order valence-electron chi connectivity index (χ2n) is 3.96. The second-order valence-corrected chi connectivity index (χ2v) is 5.07. The molecule has 0 aliphatic heterocycles. The van der Waals surface area contributed by atoms with Crippen LogP contribution in [0.15, 0.2) is 6.20 Å². The number of carbonyl (C=O) groups is 2. The van der Waals surface area contributed by atoms with Gasteiger partial charge in [0.25, 0.3) is 0 Å². The minimum atomic E-state index is -1.04. The molecule has 5 nitrogen and oxygen atoms in total. The van der Waals surface area contributed by atoms with Crippen LogP contribution in [0.25, 0.3) is 0 Å².